The molecule has 3 heterocycles. The third-order valence-corrected chi connectivity index (χ3v) is 4.53. The lowest BCUT2D eigenvalue weighted by atomic mass is 10.0. The van der Waals surface area contributed by atoms with Crippen LogP contribution in [0.1, 0.15) is 12.0 Å². The van der Waals surface area contributed by atoms with Crippen LogP contribution in [0.4, 0.5) is 14.9 Å². The van der Waals surface area contributed by atoms with Crippen LogP contribution in [0, 0.1) is 5.82 Å². The van der Waals surface area contributed by atoms with Gasteiger partial charge in [0.2, 0.25) is 0 Å². The first-order chi connectivity index (χ1) is 10.2. The Hall–Kier alpha value is -1.66. The second kappa shape index (κ2) is 4.96. The number of carbonyl (C=O) groups is 1. The van der Waals surface area contributed by atoms with Crippen LogP contribution in [0.25, 0.3) is 0 Å². The van der Waals surface area contributed by atoms with Crippen molar-refractivity contribution in [3.8, 4) is 0 Å². The molecular formula is C15H17FN2O3. The van der Waals surface area contributed by atoms with Gasteiger partial charge in [0.25, 0.3) is 0 Å². The first-order valence-corrected chi connectivity index (χ1v) is 7.28. The molecule has 5 nitrogen and oxygen atoms in total. The number of benzene rings is 1. The van der Waals surface area contributed by atoms with Crippen molar-refractivity contribution in [2.24, 2.45) is 0 Å². The molecule has 21 heavy (non-hydrogen) atoms. The Balaban J connectivity index is 1.73. The first-order valence-electron chi connectivity index (χ1n) is 7.28. The molecule has 0 bridgehead atoms. The smallest absolute Gasteiger partial charge is 0.414 e. The molecule has 3 aliphatic rings. The van der Waals surface area contributed by atoms with Crippen LogP contribution < -0.4 is 4.90 Å². The summed E-state index contributed by atoms with van der Waals surface area (Å²) in [6.45, 7) is 3.48. The molecule has 0 spiro atoms. The number of rotatable bonds is 1. The summed E-state index contributed by atoms with van der Waals surface area (Å²) >= 11 is 0. The van der Waals surface area contributed by atoms with Crippen molar-refractivity contribution in [2.45, 2.75) is 25.0 Å². The number of fused-ring (bicyclic) bond motifs is 3. The van der Waals surface area contributed by atoms with Gasteiger partial charge in [-0.15, -0.1) is 0 Å². The minimum absolute atomic E-state index is 0.0122. The van der Waals surface area contributed by atoms with Gasteiger partial charge in [-0.1, -0.05) is 6.07 Å². The molecular weight excluding hydrogens is 275 g/mol. The fourth-order valence-corrected chi connectivity index (χ4v) is 3.22. The normalized spacial score (nSPS) is 26.4. The summed E-state index contributed by atoms with van der Waals surface area (Å²) < 4.78 is 24.1. The van der Waals surface area contributed by atoms with Crippen LogP contribution in [-0.2, 0) is 16.0 Å². The second-order valence-corrected chi connectivity index (χ2v) is 5.82. The van der Waals surface area contributed by atoms with Crippen molar-refractivity contribution in [1.82, 2.24) is 4.90 Å². The summed E-state index contributed by atoms with van der Waals surface area (Å²) in [6.07, 6.45) is 0.463. The molecule has 0 aliphatic carbocycles. The van der Waals surface area contributed by atoms with Gasteiger partial charge in [-0.3, -0.25) is 9.80 Å². The van der Waals surface area contributed by atoms with E-state index in [1.807, 2.05) is 0 Å². The maximum atomic E-state index is 13.6. The summed E-state index contributed by atoms with van der Waals surface area (Å²) in [4.78, 5) is 16.0. The molecule has 3 aliphatic heterocycles. The number of hydrogen-bond donors (Lipinski definition) is 0. The summed E-state index contributed by atoms with van der Waals surface area (Å²) in [5.41, 5.74) is 1.61. The lowest BCUT2D eigenvalue weighted by molar-refractivity contribution is -0.0689. The molecule has 0 radical (unpaired) electrons. The van der Waals surface area contributed by atoms with Gasteiger partial charge in [0.1, 0.15) is 12.4 Å². The SMILES string of the molecule is O=C1OCC2CCN(C3COC3)Cc3ccc(F)cc3N12. The number of amides is 1. The van der Waals surface area contributed by atoms with E-state index in [9.17, 15) is 9.18 Å². The molecule has 0 N–H and O–H groups in total. The summed E-state index contributed by atoms with van der Waals surface area (Å²) in [6, 6.07) is 5.07. The van der Waals surface area contributed by atoms with Crippen LogP contribution in [0.3, 0.4) is 0 Å². The number of ether oxygens (including phenoxy) is 2. The van der Waals surface area contributed by atoms with Gasteiger partial charge in [-0.25, -0.2) is 9.18 Å². The average molecular weight is 292 g/mol. The van der Waals surface area contributed by atoms with Crippen molar-refractivity contribution in [3.05, 3.63) is 29.6 Å². The zero-order chi connectivity index (χ0) is 14.4. The number of halogens is 1. The van der Waals surface area contributed by atoms with E-state index in [4.69, 9.17) is 9.47 Å². The van der Waals surface area contributed by atoms with Gasteiger partial charge in [0, 0.05) is 13.1 Å². The minimum Gasteiger partial charge on any atom is -0.447 e. The van der Waals surface area contributed by atoms with E-state index in [0.29, 0.717) is 24.9 Å². The Bertz CT molecular complexity index is 576. The van der Waals surface area contributed by atoms with Crippen molar-refractivity contribution in [1.29, 1.82) is 0 Å². The van der Waals surface area contributed by atoms with Crippen LogP contribution in [0.15, 0.2) is 18.2 Å². The molecule has 0 saturated carbocycles. The third kappa shape index (κ3) is 2.18. The van der Waals surface area contributed by atoms with Crippen molar-refractivity contribution in [3.63, 3.8) is 0 Å². The maximum Gasteiger partial charge on any atom is 0.414 e. The number of anilines is 1. The van der Waals surface area contributed by atoms with Crippen LogP contribution in [-0.4, -0.2) is 49.4 Å². The standard InChI is InChI=1S/C15H17FN2O3/c16-11-2-1-10-6-17(13-7-20-8-13)4-3-12-9-21-15(19)18(12)14(10)5-11/h1-2,5,12-13H,3-4,6-9H2. The van der Waals surface area contributed by atoms with Crippen molar-refractivity contribution < 1.29 is 18.7 Å². The van der Waals surface area contributed by atoms with E-state index in [2.05, 4.69) is 4.90 Å². The first kappa shape index (κ1) is 13.0. The van der Waals surface area contributed by atoms with Gasteiger partial charge in [-0.2, -0.15) is 0 Å². The summed E-state index contributed by atoms with van der Waals surface area (Å²) in [7, 11) is 0. The number of cyclic esters (lactones) is 1. The molecule has 2 fully saturated rings. The fourth-order valence-electron chi connectivity index (χ4n) is 3.22. The van der Waals surface area contributed by atoms with Crippen molar-refractivity contribution in [2.75, 3.05) is 31.3 Å². The highest BCUT2D eigenvalue weighted by atomic mass is 19.1. The van der Waals surface area contributed by atoms with Crippen LogP contribution >= 0.6 is 0 Å². The highest BCUT2D eigenvalue weighted by molar-refractivity contribution is 5.91. The topological polar surface area (TPSA) is 42.0 Å². The molecule has 1 aromatic rings. The fraction of sp³-hybridized carbons (Fsp3) is 0.533. The predicted octanol–water partition coefficient (Wildman–Crippen LogP) is 1.76. The van der Waals surface area contributed by atoms with E-state index < -0.39 is 0 Å². The Morgan fingerprint density at radius 1 is 1.19 bits per heavy atom. The van der Waals surface area contributed by atoms with E-state index >= 15 is 0 Å². The van der Waals surface area contributed by atoms with Gasteiger partial charge in [-0.05, 0) is 24.1 Å². The quantitative estimate of drug-likeness (QED) is 0.791. The van der Waals surface area contributed by atoms with E-state index in [0.717, 1.165) is 31.7 Å². The Morgan fingerprint density at radius 3 is 2.81 bits per heavy atom. The Labute approximate surface area is 122 Å². The van der Waals surface area contributed by atoms with Gasteiger partial charge >= 0.3 is 6.09 Å². The molecule has 1 atom stereocenters. The zero-order valence-electron chi connectivity index (χ0n) is 11.6. The molecule has 2 saturated heterocycles. The van der Waals surface area contributed by atoms with E-state index in [1.54, 1.807) is 11.0 Å². The highest BCUT2D eigenvalue weighted by Gasteiger charge is 2.38. The number of carbonyl (C=O) groups excluding carboxylic acids is 1. The molecule has 0 aromatic heterocycles. The lowest BCUT2D eigenvalue weighted by Gasteiger charge is -2.40. The third-order valence-electron chi connectivity index (χ3n) is 4.53. The molecule has 1 unspecified atom stereocenters. The van der Waals surface area contributed by atoms with Crippen molar-refractivity contribution >= 4 is 11.8 Å². The zero-order valence-corrected chi connectivity index (χ0v) is 11.6. The Kier molecular flexibility index (Phi) is 3.08. The van der Waals surface area contributed by atoms with E-state index in [-0.39, 0.29) is 18.0 Å². The second-order valence-electron chi connectivity index (χ2n) is 5.82. The van der Waals surface area contributed by atoms with Gasteiger partial charge in [0.05, 0.1) is 31.0 Å². The highest BCUT2D eigenvalue weighted by Crippen LogP contribution is 2.33. The molecule has 6 heteroatoms. The molecule has 4 rings (SSSR count). The van der Waals surface area contributed by atoms with Crippen LogP contribution in [0.5, 0.6) is 0 Å². The number of hydrogen-bond acceptors (Lipinski definition) is 4. The lowest BCUT2D eigenvalue weighted by Crippen LogP contribution is -2.51. The molecule has 112 valence electrons. The van der Waals surface area contributed by atoms with E-state index in [1.165, 1.54) is 12.1 Å². The number of nitrogens with zero attached hydrogens (tertiary/aromatic N) is 2. The maximum absolute atomic E-state index is 13.6. The monoisotopic (exact) mass is 292 g/mol. The van der Waals surface area contributed by atoms with Gasteiger partial charge in [0.15, 0.2) is 0 Å². The molecule has 1 aromatic carbocycles. The Morgan fingerprint density at radius 2 is 2.05 bits per heavy atom. The summed E-state index contributed by atoms with van der Waals surface area (Å²) in [5.74, 6) is -0.327. The minimum atomic E-state index is -0.368. The average Bonchev–Trinajstić information content (AvgIpc) is 2.74. The molecule has 1 amide bonds. The summed E-state index contributed by atoms with van der Waals surface area (Å²) in [5, 5.41) is 0. The van der Waals surface area contributed by atoms with Crippen LogP contribution in [0.2, 0.25) is 0 Å². The largest absolute Gasteiger partial charge is 0.447 e. The predicted molar refractivity (Wildman–Crippen MR) is 73.6 cm³/mol. The van der Waals surface area contributed by atoms with Gasteiger partial charge < -0.3 is 9.47 Å².